The molecule has 0 bridgehead atoms. The first kappa shape index (κ1) is 16.4. The van der Waals surface area contributed by atoms with Crippen LogP contribution in [0.2, 0.25) is 5.02 Å². The lowest BCUT2D eigenvalue weighted by Gasteiger charge is -2.43. The number of esters is 1. The van der Waals surface area contributed by atoms with Gasteiger partial charge in [0.1, 0.15) is 5.60 Å². The van der Waals surface area contributed by atoms with E-state index in [0.29, 0.717) is 17.4 Å². The number of rotatable bonds is 6. The normalized spacial score (nSPS) is 23.7. The van der Waals surface area contributed by atoms with E-state index in [1.165, 1.54) is 6.42 Å². The number of unbranched alkanes of at least 4 members (excludes halogenated alkanes) is 1. The molecule has 21 heavy (non-hydrogen) atoms. The number of halogens is 1. The molecule has 0 unspecified atom stereocenters. The Morgan fingerprint density at radius 1 is 1.38 bits per heavy atom. The fraction of sp³-hybridized carbons (Fsp3) is 0.611. The quantitative estimate of drug-likeness (QED) is 0.650. The van der Waals surface area contributed by atoms with Crippen LogP contribution in [0.1, 0.15) is 64.4 Å². The number of hydrogen-bond donors (Lipinski definition) is 0. The summed E-state index contributed by atoms with van der Waals surface area (Å²) in [7, 11) is 0. The van der Waals surface area contributed by atoms with Crippen molar-refractivity contribution in [3.63, 3.8) is 0 Å². The third kappa shape index (κ3) is 3.60. The maximum atomic E-state index is 12.0. The average molecular weight is 309 g/mol. The highest BCUT2D eigenvalue weighted by Gasteiger charge is 2.44. The van der Waals surface area contributed by atoms with E-state index >= 15 is 0 Å². The Bertz CT molecular complexity index is 486. The van der Waals surface area contributed by atoms with Crippen molar-refractivity contribution >= 4 is 17.6 Å². The zero-order valence-corrected chi connectivity index (χ0v) is 13.8. The molecule has 0 amide bonds. The second-order valence-corrected chi connectivity index (χ2v) is 6.41. The van der Waals surface area contributed by atoms with Crippen LogP contribution in [0, 0.1) is 5.92 Å². The molecular formula is C18H25ClO2. The number of benzene rings is 1. The van der Waals surface area contributed by atoms with E-state index in [2.05, 4.69) is 19.9 Å². The molecule has 2 atom stereocenters. The van der Waals surface area contributed by atoms with Crippen LogP contribution in [0.4, 0.5) is 0 Å². The van der Waals surface area contributed by atoms with Crippen molar-refractivity contribution in [3.8, 4) is 0 Å². The standard InChI is InChI=1S/C18H25ClO2/c1-3-5-8-14(4-2)18(12-7-11-17(20)21-18)15-9-6-10-16(19)13-15/h6,9-10,13-14H,3-5,7-8,11-12H2,1-2H3/t14-,18-/m0/s1. The second-order valence-electron chi connectivity index (χ2n) is 5.97. The van der Waals surface area contributed by atoms with Crippen LogP contribution in [0.15, 0.2) is 24.3 Å². The Morgan fingerprint density at radius 3 is 2.81 bits per heavy atom. The minimum Gasteiger partial charge on any atom is -0.454 e. The maximum Gasteiger partial charge on any atom is 0.306 e. The Morgan fingerprint density at radius 2 is 2.19 bits per heavy atom. The van der Waals surface area contributed by atoms with Crippen LogP contribution in [-0.4, -0.2) is 5.97 Å². The van der Waals surface area contributed by atoms with Gasteiger partial charge in [-0.05, 0) is 43.4 Å². The van der Waals surface area contributed by atoms with E-state index in [9.17, 15) is 4.79 Å². The average Bonchev–Trinajstić information content (AvgIpc) is 2.48. The highest BCUT2D eigenvalue weighted by atomic mass is 35.5. The molecule has 1 aliphatic rings. The van der Waals surface area contributed by atoms with Gasteiger partial charge in [0.05, 0.1) is 0 Å². The van der Waals surface area contributed by atoms with E-state index in [1.54, 1.807) is 0 Å². The van der Waals surface area contributed by atoms with Gasteiger partial charge in [0.15, 0.2) is 0 Å². The van der Waals surface area contributed by atoms with Gasteiger partial charge in [0, 0.05) is 17.4 Å². The SMILES string of the molecule is CCCC[C@H](CC)[C@]1(c2cccc(Cl)c2)CCCC(=O)O1. The molecule has 0 aliphatic carbocycles. The van der Waals surface area contributed by atoms with Gasteiger partial charge < -0.3 is 4.74 Å². The maximum absolute atomic E-state index is 12.0. The molecule has 0 spiro atoms. The molecule has 1 saturated heterocycles. The van der Waals surface area contributed by atoms with Crippen LogP contribution < -0.4 is 0 Å². The largest absolute Gasteiger partial charge is 0.454 e. The summed E-state index contributed by atoms with van der Waals surface area (Å²) in [4.78, 5) is 12.0. The molecule has 0 N–H and O–H groups in total. The van der Waals surface area contributed by atoms with Crippen LogP contribution in [0.5, 0.6) is 0 Å². The molecule has 1 heterocycles. The van der Waals surface area contributed by atoms with Crippen molar-refractivity contribution in [2.75, 3.05) is 0 Å². The van der Waals surface area contributed by atoms with Crippen LogP contribution in [0.25, 0.3) is 0 Å². The summed E-state index contributed by atoms with van der Waals surface area (Å²) < 4.78 is 5.97. The molecular weight excluding hydrogens is 284 g/mol. The lowest BCUT2D eigenvalue weighted by Crippen LogP contribution is -2.42. The smallest absolute Gasteiger partial charge is 0.306 e. The number of ether oxygens (including phenoxy) is 1. The summed E-state index contributed by atoms with van der Waals surface area (Å²) in [5.41, 5.74) is 0.579. The van der Waals surface area contributed by atoms with Gasteiger partial charge in [-0.3, -0.25) is 4.79 Å². The molecule has 116 valence electrons. The number of cyclic esters (lactones) is 1. The minimum atomic E-state index is -0.482. The Balaban J connectivity index is 2.40. The van der Waals surface area contributed by atoms with Gasteiger partial charge in [-0.25, -0.2) is 0 Å². The summed E-state index contributed by atoms with van der Waals surface area (Å²) in [6.45, 7) is 4.39. The third-order valence-electron chi connectivity index (χ3n) is 4.60. The van der Waals surface area contributed by atoms with Gasteiger partial charge in [-0.2, -0.15) is 0 Å². The van der Waals surface area contributed by atoms with Crippen molar-refractivity contribution in [1.82, 2.24) is 0 Å². The molecule has 1 aromatic rings. The summed E-state index contributed by atoms with van der Waals surface area (Å²) in [5.74, 6) is 0.288. The number of hydrogen-bond acceptors (Lipinski definition) is 2. The third-order valence-corrected chi connectivity index (χ3v) is 4.83. The molecule has 0 radical (unpaired) electrons. The topological polar surface area (TPSA) is 26.3 Å². The first-order valence-corrected chi connectivity index (χ1v) is 8.48. The van der Waals surface area contributed by atoms with Gasteiger partial charge in [0.2, 0.25) is 0 Å². The Labute approximate surface area is 132 Å². The number of carbonyl (C=O) groups is 1. The summed E-state index contributed by atoms with van der Waals surface area (Å²) in [6, 6.07) is 7.85. The minimum absolute atomic E-state index is 0.0730. The van der Waals surface area contributed by atoms with Gasteiger partial charge in [-0.1, -0.05) is 50.4 Å². The molecule has 3 heteroatoms. The lowest BCUT2D eigenvalue weighted by molar-refractivity contribution is -0.178. The molecule has 2 nitrogen and oxygen atoms in total. The lowest BCUT2D eigenvalue weighted by atomic mass is 9.73. The van der Waals surface area contributed by atoms with E-state index < -0.39 is 5.60 Å². The van der Waals surface area contributed by atoms with Crippen molar-refractivity contribution < 1.29 is 9.53 Å². The van der Waals surface area contributed by atoms with E-state index in [4.69, 9.17) is 16.3 Å². The zero-order valence-electron chi connectivity index (χ0n) is 13.0. The first-order valence-electron chi connectivity index (χ1n) is 8.10. The predicted molar refractivity (Wildman–Crippen MR) is 86.4 cm³/mol. The highest BCUT2D eigenvalue weighted by Crippen LogP contribution is 2.45. The Hall–Kier alpha value is -1.02. The van der Waals surface area contributed by atoms with E-state index in [1.807, 2.05) is 18.2 Å². The van der Waals surface area contributed by atoms with E-state index in [-0.39, 0.29) is 5.97 Å². The first-order chi connectivity index (χ1) is 10.1. The molecule has 1 aromatic carbocycles. The van der Waals surface area contributed by atoms with Gasteiger partial charge in [0.25, 0.3) is 0 Å². The number of carbonyl (C=O) groups excluding carboxylic acids is 1. The fourth-order valence-electron chi connectivity index (χ4n) is 3.50. The highest BCUT2D eigenvalue weighted by molar-refractivity contribution is 6.30. The fourth-order valence-corrected chi connectivity index (χ4v) is 3.69. The zero-order chi connectivity index (χ0) is 15.3. The molecule has 0 saturated carbocycles. The molecule has 2 rings (SSSR count). The summed E-state index contributed by atoms with van der Waals surface area (Å²) >= 11 is 6.17. The van der Waals surface area contributed by atoms with Crippen LogP contribution >= 0.6 is 11.6 Å². The molecule has 1 fully saturated rings. The van der Waals surface area contributed by atoms with E-state index in [0.717, 1.165) is 37.7 Å². The molecule has 0 aromatic heterocycles. The van der Waals surface area contributed by atoms with Crippen LogP contribution in [0.3, 0.4) is 0 Å². The summed E-state index contributed by atoms with van der Waals surface area (Å²) in [5, 5.41) is 0.707. The van der Waals surface area contributed by atoms with Crippen molar-refractivity contribution in [2.24, 2.45) is 5.92 Å². The molecule has 1 aliphatic heterocycles. The Kier molecular flexibility index (Phi) is 5.69. The van der Waals surface area contributed by atoms with Crippen molar-refractivity contribution in [3.05, 3.63) is 34.9 Å². The van der Waals surface area contributed by atoms with Crippen molar-refractivity contribution in [2.45, 2.75) is 64.4 Å². The monoisotopic (exact) mass is 308 g/mol. The van der Waals surface area contributed by atoms with Crippen molar-refractivity contribution in [1.29, 1.82) is 0 Å². The van der Waals surface area contributed by atoms with Crippen LogP contribution in [-0.2, 0) is 15.1 Å². The second kappa shape index (κ2) is 7.31. The van der Waals surface area contributed by atoms with Gasteiger partial charge >= 0.3 is 5.97 Å². The summed E-state index contributed by atoms with van der Waals surface area (Å²) in [6.07, 6.45) is 6.77. The predicted octanol–water partition coefficient (Wildman–Crippen LogP) is 5.48. The van der Waals surface area contributed by atoms with Gasteiger partial charge in [-0.15, -0.1) is 0 Å².